The quantitative estimate of drug-likeness (QED) is 0.645. The van der Waals surface area contributed by atoms with E-state index in [9.17, 15) is 4.79 Å². The summed E-state index contributed by atoms with van der Waals surface area (Å²) in [5.41, 5.74) is 2.37. The predicted octanol–water partition coefficient (Wildman–Crippen LogP) is 4.64. The van der Waals surface area contributed by atoms with E-state index in [1.807, 2.05) is 12.1 Å². The molecule has 3 aliphatic rings. The first-order chi connectivity index (χ1) is 15.6. The van der Waals surface area contributed by atoms with Gasteiger partial charge in [0.2, 0.25) is 5.91 Å². The van der Waals surface area contributed by atoms with Gasteiger partial charge in [-0.25, -0.2) is 0 Å². The van der Waals surface area contributed by atoms with Crippen LogP contribution in [0.2, 0.25) is 0 Å². The number of amides is 1. The number of fused-ring (bicyclic) bond motifs is 1. The second kappa shape index (κ2) is 9.14. The van der Waals surface area contributed by atoms with Gasteiger partial charge in [-0.05, 0) is 86.7 Å². The number of hydrogen-bond donors (Lipinski definition) is 1. The molecule has 5 heteroatoms. The van der Waals surface area contributed by atoms with Gasteiger partial charge < -0.3 is 19.4 Å². The summed E-state index contributed by atoms with van der Waals surface area (Å²) >= 11 is 0. The number of ether oxygens (including phenoxy) is 1. The number of methoxy groups -OCH3 is 1. The summed E-state index contributed by atoms with van der Waals surface area (Å²) in [4.78, 5) is 15.3. The molecule has 0 bridgehead atoms. The second-order valence-electron chi connectivity index (χ2n) is 9.91. The minimum absolute atomic E-state index is 0.0263. The van der Waals surface area contributed by atoms with Gasteiger partial charge in [0.05, 0.1) is 19.6 Å². The summed E-state index contributed by atoms with van der Waals surface area (Å²) in [5, 5.41) is 3.29. The van der Waals surface area contributed by atoms with E-state index in [2.05, 4.69) is 28.4 Å². The van der Waals surface area contributed by atoms with Crippen molar-refractivity contribution in [1.29, 1.82) is 0 Å². The van der Waals surface area contributed by atoms with Gasteiger partial charge in [0.15, 0.2) is 0 Å². The number of nitrogens with zero attached hydrogens (tertiary/aromatic N) is 1. The van der Waals surface area contributed by atoms with Crippen molar-refractivity contribution in [3.63, 3.8) is 0 Å². The zero-order valence-corrected chi connectivity index (χ0v) is 19.0. The van der Waals surface area contributed by atoms with Gasteiger partial charge in [-0.2, -0.15) is 0 Å². The predicted molar refractivity (Wildman–Crippen MR) is 125 cm³/mol. The van der Waals surface area contributed by atoms with Crippen molar-refractivity contribution in [3.8, 4) is 5.75 Å². The first kappa shape index (κ1) is 21.3. The van der Waals surface area contributed by atoms with Crippen molar-refractivity contribution in [3.05, 3.63) is 60.1 Å². The Hall–Kier alpha value is -2.53. The van der Waals surface area contributed by atoms with Gasteiger partial charge in [0.1, 0.15) is 5.75 Å². The Morgan fingerprint density at radius 2 is 2.19 bits per heavy atom. The lowest BCUT2D eigenvalue weighted by atomic mass is 9.58. The molecule has 1 saturated heterocycles. The third kappa shape index (κ3) is 4.63. The summed E-state index contributed by atoms with van der Waals surface area (Å²) in [5.74, 6) is 2.44. The van der Waals surface area contributed by atoms with E-state index >= 15 is 0 Å². The van der Waals surface area contributed by atoms with Gasteiger partial charge in [-0.1, -0.05) is 12.1 Å². The van der Waals surface area contributed by atoms with Gasteiger partial charge in [0.25, 0.3) is 0 Å². The Balaban J connectivity index is 1.33. The molecule has 0 radical (unpaired) electrons. The van der Waals surface area contributed by atoms with Crippen LogP contribution in [0.15, 0.2) is 53.4 Å². The lowest BCUT2D eigenvalue weighted by Crippen LogP contribution is -2.56. The molecule has 32 heavy (non-hydrogen) atoms. The van der Waals surface area contributed by atoms with E-state index < -0.39 is 0 Å². The summed E-state index contributed by atoms with van der Waals surface area (Å²) in [6, 6.07) is 10.7. The Bertz CT molecular complexity index is 950. The maximum absolute atomic E-state index is 12.6. The number of hydrogen-bond acceptors (Lipinski definition) is 4. The number of nitrogens with one attached hydrogen (secondary N) is 1. The molecule has 0 spiro atoms. The molecule has 1 aromatic heterocycles. The Morgan fingerprint density at radius 3 is 2.97 bits per heavy atom. The van der Waals surface area contributed by atoms with E-state index in [1.54, 1.807) is 31.8 Å². The molecule has 2 aromatic rings. The molecular formula is C27H34N2O3. The van der Waals surface area contributed by atoms with Gasteiger partial charge >= 0.3 is 0 Å². The molecule has 2 aliphatic carbocycles. The number of carbonyl (C=O) groups is 1. The van der Waals surface area contributed by atoms with Crippen LogP contribution in [-0.2, 0) is 10.2 Å². The van der Waals surface area contributed by atoms with Crippen LogP contribution in [0.5, 0.6) is 5.75 Å². The Labute approximate surface area is 190 Å². The maximum Gasteiger partial charge on any atom is 0.244 e. The highest BCUT2D eigenvalue weighted by molar-refractivity contribution is 5.91. The van der Waals surface area contributed by atoms with Crippen LogP contribution >= 0.6 is 0 Å². The molecular weight excluding hydrogens is 400 g/mol. The second-order valence-corrected chi connectivity index (χ2v) is 9.91. The average molecular weight is 435 g/mol. The number of benzene rings is 1. The fourth-order valence-corrected chi connectivity index (χ4v) is 5.90. The van der Waals surface area contributed by atoms with Crippen molar-refractivity contribution in [2.24, 2.45) is 11.8 Å². The molecule has 1 aliphatic heterocycles. The van der Waals surface area contributed by atoms with Crippen LogP contribution in [0.25, 0.3) is 6.08 Å². The van der Waals surface area contributed by atoms with Gasteiger partial charge in [0, 0.05) is 36.2 Å². The molecule has 2 heterocycles. The summed E-state index contributed by atoms with van der Waals surface area (Å²) in [6.45, 7) is 3.59. The maximum atomic E-state index is 12.6. The Kier molecular flexibility index (Phi) is 6.09. The van der Waals surface area contributed by atoms with Crippen LogP contribution in [0.4, 0.5) is 0 Å². The summed E-state index contributed by atoms with van der Waals surface area (Å²) in [7, 11) is 1.74. The summed E-state index contributed by atoms with van der Waals surface area (Å²) < 4.78 is 10.6. The van der Waals surface area contributed by atoms with Gasteiger partial charge in [-0.3, -0.25) is 4.79 Å². The minimum Gasteiger partial charge on any atom is -0.497 e. The van der Waals surface area contributed by atoms with Crippen molar-refractivity contribution in [2.45, 2.75) is 50.0 Å². The highest BCUT2D eigenvalue weighted by Gasteiger charge is 2.48. The molecule has 3 fully saturated rings. The fraction of sp³-hybridized carbons (Fsp3) is 0.519. The number of furan rings is 1. The molecule has 170 valence electrons. The first-order valence-corrected chi connectivity index (χ1v) is 12.0. The van der Waals surface area contributed by atoms with Gasteiger partial charge in [-0.15, -0.1) is 0 Å². The Morgan fingerprint density at radius 1 is 1.28 bits per heavy atom. The van der Waals surface area contributed by atoms with Crippen molar-refractivity contribution >= 4 is 12.0 Å². The van der Waals surface area contributed by atoms with Crippen LogP contribution in [0.1, 0.15) is 49.7 Å². The fourth-order valence-electron chi connectivity index (χ4n) is 5.90. The van der Waals surface area contributed by atoms with Crippen molar-refractivity contribution in [2.75, 3.05) is 26.7 Å². The zero-order valence-electron chi connectivity index (χ0n) is 19.0. The third-order valence-electron chi connectivity index (χ3n) is 7.78. The number of likely N-dealkylation sites (tertiary alicyclic amines) is 1. The van der Waals surface area contributed by atoms with E-state index in [0.717, 1.165) is 49.5 Å². The number of carbonyl (C=O) groups excluding carboxylic acids is 1. The van der Waals surface area contributed by atoms with Crippen LogP contribution in [-0.4, -0.2) is 43.6 Å². The first-order valence-electron chi connectivity index (χ1n) is 12.0. The van der Waals surface area contributed by atoms with E-state index in [-0.39, 0.29) is 17.4 Å². The van der Waals surface area contributed by atoms with Crippen LogP contribution < -0.4 is 10.1 Å². The molecule has 5 rings (SSSR count). The molecule has 0 unspecified atom stereocenters. The largest absolute Gasteiger partial charge is 0.497 e. The standard InChI is InChI=1S/C27H34N2O3/c1-31-25-4-2-3-22(15-25)27-12-13-29(17-20-5-6-20)18-23(27)8-9-24(16-27)28-26(30)10-7-21-11-14-32-19-21/h2-4,7,10-11,14-15,19-20,23-24H,5-6,8-9,12-13,16-18H2,1H3,(H,28,30)/b10-7+/t23-,24+,27+/m1/s1. The highest BCUT2D eigenvalue weighted by Crippen LogP contribution is 2.50. The van der Waals surface area contributed by atoms with E-state index in [4.69, 9.17) is 9.15 Å². The monoisotopic (exact) mass is 434 g/mol. The van der Waals surface area contributed by atoms with Crippen LogP contribution in [0, 0.1) is 11.8 Å². The SMILES string of the molecule is COc1cccc([C@@]23CCN(CC4CC4)C[C@H]2CC[C@H](NC(=O)/C=C/c2ccoc2)C3)c1. The summed E-state index contributed by atoms with van der Waals surface area (Å²) in [6.07, 6.45) is 13.8. The number of piperidine rings is 1. The minimum atomic E-state index is -0.0263. The third-order valence-corrected chi connectivity index (χ3v) is 7.78. The molecule has 1 amide bonds. The molecule has 3 atom stereocenters. The van der Waals surface area contributed by atoms with E-state index in [1.165, 1.54) is 31.5 Å². The molecule has 1 N–H and O–H groups in total. The normalized spacial score (nSPS) is 28.4. The lowest BCUT2D eigenvalue weighted by Gasteiger charge is -2.53. The van der Waals surface area contributed by atoms with E-state index in [0.29, 0.717) is 5.92 Å². The average Bonchev–Trinajstić information content (AvgIpc) is 3.47. The molecule has 1 aromatic carbocycles. The zero-order chi connectivity index (χ0) is 22.0. The molecule has 5 nitrogen and oxygen atoms in total. The molecule has 2 saturated carbocycles. The van der Waals surface area contributed by atoms with Crippen molar-refractivity contribution < 1.29 is 13.9 Å². The lowest BCUT2D eigenvalue weighted by molar-refractivity contribution is -0.117. The smallest absolute Gasteiger partial charge is 0.244 e. The topological polar surface area (TPSA) is 54.7 Å². The van der Waals surface area contributed by atoms with Crippen LogP contribution in [0.3, 0.4) is 0 Å². The number of rotatable bonds is 7. The highest BCUT2D eigenvalue weighted by atomic mass is 16.5. The van der Waals surface area contributed by atoms with Crippen molar-refractivity contribution in [1.82, 2.24) is 10.2 Å².